The summed E-state index contributed by atoms with van der Waals surface area (Å²) in [6.45, 7) is 2.19. The molecular weight excluding hydrogens is 364 g/mol. The van der Waals surface area contributed by atoms with Crippen LogP contribution in [-0.2, 0) is 9.53 Å². The Bertz CT molecular complexity index is 1060. The van der Waals surface area contributed by atoms with Gasteiger partial charge in [-0.05, 0) is 34.5 Å². The van der Waals surface area contributed by atoms with E-state index in [1.807, 2.05) is 42.5 Å². The molecule has 0 aromatic heterocycles. The predicted molar refractivity (Wildman–Crippen MR) is 115 cm³/mol. The second kappa shape index (κ2) is 8.71. The topological polar surface area (TPSA) is 58.6 Å². The predicted octanol–water partition coefficient (Wildman–Crippen LogP) is 3.96. The van der Waals surface area contributed by atoms with E-state index >= 15 is 0 Å². The molecule has 3 aromatic rings. The molecule has 1 fully saturated rings. The summed E-state index contributed by atoms with van der Waals surface area (Å²) in [5.74, 6) is -0.373. The number of benzene rings is 3. The average Bonchev–Trinajstić information content (AvgIpc) is 2.78. The van der Waals surface area contributed by atoms with Crippen LogP contribution in [0.1, 0.15) is 15.9 Å². The Morgan fingerprint density at radius 2 is 1.62 bits per heavy atom. The summed E-state index contributed by atoms with van der Waals surface area (Å²) in [7, 11) is 0. The van der Waals surface area contributed by atoms with Crippen molar-refractivity contribution in [2.75, 3.05) is 31.6 Å². The van der Waals surface area contributed by atoms with Crippen molar-refractivity contribution in [2.24, 2.45) is 0 Å². The molecular formula is C24H22N2O3. The first-order valence-electron chi connectivity index (χ1n) is 9.65. The first kappa shape index (κ1) is 18.9. The number of rotatable bonds is 4. The van der Waals surface area contributed by atoms with Gasteiger partial charge in [0.25, 0.3) is 5.91 Å². The molecule has 29 heavy (non-hydrogen) atoms. The van der Waals surface area contributed by atoms with Crippen LogP contribution in [0.2, 0.25) is 0 Å². The molecule has 3 aromatic carbocycles. The normalized spacial score (nSPS) is 14.3. The molecule has 0 aliphatic carbocycles. The third-order valence-electron chi connectivity index (χ3n) is 4.95. The number of amides is 2. The molecule has 5 heteroatoms. The van der Waals surface area contributed by atoms with Crippen LogP contribution in [0.15, 0.2) is 72.8 Å². The summed E-state index contributed by atoms with van der Waals surface area (Å²) in [6, 6.07) is 21.1. The van der Waals surface area contributed by atoms with E-state index in [4.69, 9.17) is 4.74 Å². The van der Waals surface area contributed by atoms with Crippen LogP contribution >= 0.6 is 0 Å². The first-order chi connectivity index (χ1) is 14.2. The van der Waals surface area contributed by atoms with Crippen LogP contribution in [0.25, 0.3) is 16.8 Å². The third-order valence-corrected chi connectivity index (χ3v) is 4.95. The van der Waals surface area contributed by atoms with Crippen molar-refractivity contribution in [2.45, 2.75) is 0 Å². The van der Waals surface area contributed by atoms with E-state index in [1.165, 1.54) is 6.08 Å². The molecule has 1 saturated heterocycles. The number of hydrogen-bond acceptors (Lipinski definition) is 3. The third kappa shape index (κ3) is 4.36. The summed E-state index contributed by atoms with van der Waals surface area (Å²) in [6.07, 6.45) is 3.29. The number of ether oxygens (including phenoxy) is 1. The summed E-state index contributed by atoms with van der Waals surface area (Å²) >= 11 is 0. The zero-order valence-corrected chi connectivity index (χ0v) is 16.0. The highest BCUT2D eigenvalue weighted by Crippen LogP contribution is 2.21. The van der Waals surface area contributed by atoms with Crippen LogP contribution < -0.4 is 5.32 Å². The lowest BCUT2D eigenvalue weighted by Crippen LogP contribution is -2.41. The summed E-state index contributed by atoms with van der Waals surface area (Å²) in [5.41, 5.74) is 1.97. The Hall–Kier alpha value is -3.44. The van der Waals surface area contributed by atoms with Gasteiger partial charge in [0.15, 0.2) is 0 Å². The number of nitrogens with zero attached hydrogens (tertiary/aromatic N) is 1. The van der Waals surface area contributed by atoms with Crippen molar-refractivity contribution in [3.8, 4) is 0 Å². The highest BCUT2D eigenvalue weighted by molar-refractivity contribution is 6.08. The lowest BCUT2D eigenvalue weighted by Gasteiger charge is -2.27. The molecule has 4 rings (SSSR count). The maximum absolute atomic E-state index is 12.8. The molecule has 0 unspecified atom stereocenters. The first-order valence-corrected chi connectivity index (χ1v) is 9.65. The van der Waals surface area contributed by atoms with E-state index in [0.717, 1.165) is 16.3 Å². The highest BCUT2D eigenvalue weighted by Gasteiger charge is 2.21. The molecule has 1 aliphatic heterocycles. The lowest BCUT2D eigenvalue weighted by molar-refractivity contribution is -0.111. The van der Waals surface area contributed by atoms with Crippen LogP contribution in [-0.4, -0.2) is 43.0 Å². The summed E-state index contributed by atoms with van der Waals surface area (Å²) in [5, 5.41) is 5.05. The van der Waals surface area contributed by atoms with E-state index in [1.54, 1.807) is 35.2 Å². The number of morpholine rings is 1. The summed E-state index contributed by atoms with van der Waals surface area (Å²) in [4.78, 5) is 27.1. The van der Waals surface area contributed by atoms with Crippen LogP contribution in [0, 0.1) is 0 Å². The Labute approximate surface area is 169 Å². The highest BCUT2D eigenvalue weighted by atomic mass is 16.5. The van der Waals surface area contributed by atoms with Gasteiger partial charge in [0.05, 0.1) is 24.5 Å². The Balaban J connectivity index is 1.51. The lowest BCUT2D eigenvalue weighted by atomic mass is 10.0. The van der Waals surface area contributed by atoms with Crippen LogP contribution in [0.3, 0.4) is 0 Å². The zero-order valence-electron chi connectivity index (χ0n) is 16.0. The molecule has 5 nitrogen and oxygen atoms in total. The van der Waals surface area contributed by atoms with Gasteiger partial charge in [0, 0.05) is 19.2 Å². The standard InChI is InChI=1S/C24H22N2O3/c27-23(13-12-19-8-5-7-18-6-1-2-9-20(18)19)25-22-11-4-3-10-21(22)24(28)26-14-16-29-17-15-26/h1-13H,14-17H2,(H,25,27)/b13-12+. The van der Waals surface area contributed by atoms with E-state index in [-0.39, 0.29) is 11.8 Å². The second-order valence-corrected chi connectivity index (χ2v) is 6.84. The molecule has 0 saturated carbocycles. The van der Waals surface area contributed by atoms with Gasteiger partial charge in [-0.2, -0.15) is 0 Å². The Morgan fingerprint density at radius 1 is 0.897 bits per heavy atom. The minimum Gasteiger partial charge on any atom is -0.378 e. The van der Waals surface area contributed by atoms with Gasteiger partial charge in [-0.1, -0.05) is 54.6 Å². The number of fused-ring (bicyclic) bond motifs is 1. The Kier molecular flexibility index (Phi) is 5.68. The van der Waals surface area contributed by atoms with Crippen molar-refractivity contribution < 1.29 is 14.3 Å². The molecule has 0 radical (unpaired) electrons. The van der Waals surface area contributed by atoms with E-state index in [0.29, 0.717) is 37.6 Å². The number of nitrogens with one attached hydrogen (secondary N) is 1. The monoisotopic (exact) mass is 386 g/mol. The molecule has 1 N–H and O–H groups in total. The van der Waals surface area contributed by atoms with Crippen molar-refractivity contribution in [3.63, 3.8) is 0 Å². The number of carbonyl (C=O) groups is 2. The van der Waals surface area contributed by atoms with E-state index in [9.17, 15) is 9.59 Å². The molecule has 0 spiro atoms. The average molecular weight is 386 g/mol. The number of para-hydroxylation sites is 1. The van der Waals surface area contributed by atoms with Crippen LogP contribution in [0.5, 0.6) is 0 Å². The second-order valence-electron chi connectivity index (χ2n) is 6.84. The van der Waals surface area contributed by atoms with Crippen LogP contribution in [0.4, 0.5) is 5.69 Å². The fourth-order valence-electron chi connectivity index (χ4n) is 3.45. The van der Waals surface area contributed by atoms with Gasteiger partial charge < -0.3 is 15.0 Å². The zero-order chi connectivity index (χ0) is 20.1. The van der Waals surface area contributed by atoms with Crippen molar-refractivity contribution >= 4 is 34.4 Å². The molecule has 0 bridgehead atoms. The van der Waals surface area contributed by atoms with Gasteiger partial charge in [-0.25, -0.2) is 0 Å². The molecule has 1 heterocycles. The largest absolute Gasteiger partial charge is 0.378 e. The maximum Gasteiger partial charge on any atom is 0.256 e. The molecule has 1 aliphatic rings. The van der Waals surface area contributed by atoms with Crippen molar-refractivity contribution in [1.82, 2.24) is 4.90 Å². The minimum atomic E-state index is -0.278. The number of anilines is 1. The van der Waals surface area contributed by atoms with Gasteiger partial charge in [0.2, 0.25) is 5.91 Å². The van der Waals surface area contributed by atoms with Gasteiger partial charge in [-0.15, -0.1) is 0 Å². The Morgan fingerprint density at radius 3 is 2.48 bits per heavy atom. The van der Waals surface area contributed by atoms with Crippen molar-refractivity contribution in [3.05, 3.63) is 83.9 Å². The van der Waals surface area contributed by atoms with Crippen molar-refractivity contribution in [1.29, 1.82) is 0 Å². The fraction of sp³-hybridized carbons (Fsp3) is 0.167. The SMILES string of the molecule is O=C(/C=C/c1cccc2ccccc12)Nc1ccccc1C(=O)N1CCOCC1. The van der Waals surface area contributed by atoms with E-state index < -0.39 is 0 Å². The number of hydrogen-bond donors (Lipinski definition) is 1. The summed E-state index contributed by atoms with van der Waals surface area (Å²) < 4.78 is 5.31. The smallest absolute Gasteiger partial charge is 0.256 e. The molecule has 2 amide bonds. The maximum atomic E-state index is 12.8. The van der Waals surface area contributed by atoms with E-state index in [2.05, 4.69) is 5.32 Å². The molecule has 0 atom stereocenters. The van der Waals surface area contributed by atoms with Gasteiger partial charge >= 0.3 is 0 Å². The van der Waals surface area contributed by atoms with Gasteiger partial charge in [-0.3, -0.25) is 9.59 Å². The fourth-order valence-corrected chi connectivity index (χ4v) is 3.45. The quantitative estimate of drug-likeness (QED) is 0.691. The van der Waals surface area contributed by atoms with Gasteiger partial charge in [0.1, 0.15) is 0 Å². The molecule has 146 valence electrons. The number of carbonyl (C=O) groups excluding carboxylic acids is 2. The minimum absolute atomic E-state index is 0.0952.